The summed E-state index contributed by atoms with van der Waals surface area (Å²) in [5.41, 5.74) is 1.01. The summed E-state index contributed by atoms with van der Waals surface area (Å²) in [6.07, 6.45) is 3.55. The molecule has 6 nitrogen and oxygen atoms in total. The molecule has 3 rings (SSSR count). The molecule has 1 saturated carbocycles. The van der Waals surface area contributed by atoms with Crippen LogP contribution in [0.4, 0.5) is 5.69 Å². The molecular formula is C14H17N3O3S. The van der Waals surface area contributed by atoms with Crippen molar-refractivity contribution in [1.82, 2.24) is 9.88 Å². The Morgan fingerprint density at radius 2 is 2.33 bits per heavy atom. The summed E-state index contributed by atoms with van der Waals surface area (Å²) in [5.74, 6) is 0.0844. The number of amides is 2. The highest BCUT2D eigenvalue weighted by molar-refractivity contribution is 8.00. The third-order valence-corrected chi connectivity index (χ3v) is 4.98. The fourth-order valence-electron chi connectivity index (χ4n) is 2.82. The molecule has 0 saturated heterocycles. The van der Waals surface area contributed by atoms with Crippen LogP contribution in [0.15, 0.2) is 17.3 Å². The van der Waals surface area contributed by atoms with Gasteiger partial charge in [-0.3, -0.25) is 9.59 Å². The molecule has 2 heterocycles. The van der Waals surface area contributed by atoms with Crippen LogP contribution < -0.4 is 5.32 Å². The van der Waals surface area contributed by atoms with Gasteiger partial charge in [0.2, 0.25) is 5.91 Å². The zero-order valence-corrected chi connectivity index (χ0v) is 12.5. The van der Waals surface area contributed by atoms with Crippen LogP contribution in [0.3, 0.4) is 0 Å². The van der Waals surface area contributed by atoms with Crippen molar-refractivity contribution < 1.29 is 14.7 Å². The van der Waals surface area contributed by atoms with Crippen LogP contribution in [0, 0.1) is 0 Å². The molecular weight excluding hydrogens is 290 g/mol. The Bertz CT molecular complexity index is 593. The Hall–Kier alpha value is -1.60. The molecule has 0 bridgehead atoms. The van der Waals surface area contributed by atoms with Crippen molar-refractivity contribution in [2.24, 2.45) is 0 Å². The number of anilines is 1. The summed E-state index contributed by atoms with van der Waals surface area (Å²) < 4.78 is 0. The number of hydrogen-bond acceptors (Lipinski definition) is 5. The molecule has 2 atom stereocenters. The van der Waals surface area contributed by atoms with Gasteiger partial charge in [0.1, 0.15) is 5.03 Å². The first-order chi connectivity index (χ1) is 10.1. The molecule has 7 heteroatoms. The zero-order valence-electron chi connectivity index (χ0n) is 11.7. The normalized spacial score (nSPS) is 24.4. The Kier molecular flexibility index (Phi) is 3.86. The van der Waals surface area contributed by atoms with E-state index in [-0.39, 0.29) is 17.9 Å². The minimum atomic E-state index is -0.459. The maximum atomic E-state index is 12.5. The zero-order chi connectivity index (χ0) is 15.0. The van der Waals surface area contributed by atoms with Gasteiger partial charge in [-0.1, -0.05) is 11.8 Å². The van der Waals surface area contributed by atoms with Gasteiger partial charge < -0.3 is 15.3 Å². The fourth-order valence-corrected chi connectivity index (χ4v) is 3.55. The lowest BCUT2D eigenvalue weighted by Crippen LogP contribution is -2.41. The van der Waals surface area contributed by atoms with Gasteiger partial charge in [-0.15, -0.1) is 0 Å². The summed E-state index contributed by atoms with van der Waals surface area (Å²) in [6, 6.07) is 1.52. The molecule has 1 fully saturated rings. The monoisotopic (exact) mass is 307 g/mol. The van der Waals surface area contributed by atoms with Gasteiger partial charge in [0.15, 0.2) is 0 Å². The van der Waals surface area contributed by atoms with Crippen molar-refractivity contribution in [1.29, 1.82) is 0 Å². The number of aliphatic hydroxyl groups is 1. The van der Waals surface area contributed by atoms with Gasteiger partial charge in [0.25, 0.3) is 5.91 Å². The molecule has 2 aliphatic rings. The molecule has 112 valence electrons. The number of rotatable bonds is 2. The first-order valence-corrected chi connectivity index (χ1v) is 7.93. The Morgan fingerprint density at radius 1 is 1.52 bits per heavy atom. The van der Waals surface area contributed by atoms with E-state index in [2.05, 4.69) is 10.3 Å². The average Bonchev–Trinajstić information content (AvgIpc) is 2.91. The van der Waals surface area contributed by atoms with E-state index in [0.717, 1.165) is 24.3 Å². The standard InChI is InChI=1S/C14H17N3O3S/c1-17(10-3-2-4-11(10)18)14(20)8-5-9-13(15-6-8)21-7-12(19)16-9/h5-6,10-11,18H,2-4,7H2,1H3,(H,16,19)/t10-,11-/m1/s1. The Balaban J connectivity index is 1.81. The van der Waals surface area contributed by atoms with Gasteiger partial charge in [-0.2, -0.15) is 0 Å². The van der Waals surface area contributed by atoms with Crippen LogP contribution in [0.2, 0.25) is 0 Å². The number of likely N-dealkylation sites (N-methyl/N-ethyl adjacent to an activating group) is 1. The van der Waals surface area contributed by atoms with Crippen molar-refractivity contribution >= 4 is 29.3 Å². The molecule has 0 aromatic carbocycles. The second-order valence-corrected chi connectivity index (χ2v) is 6.36. The highest BCUT2D eigenvalue weighted by Gasteiger charge is 2.32. The van der Waals surface area contributed by atoms with Gasteiger partial charge in [-0.25, -0.2) is 4.98 Å². The maximum Gasteiger partial charge on any atom is 0.255 e. The lowest BCUT2D eigenvalue weighted by Gasteiger charge is -2.27. The van der Waals surface area contributed by atoms with E-state index in [0.29, 0.717) is 17.0 Å². The fraction of sp³-hybridized carbons (Fsp3) is 0.500. The van der Waals surface area contributed by atoms with Crippen molar-refractivity contribution in [2.75, 3.05) is 18.1 Å². The number of carbonyl (C=O) groups is 2. The molecule has 2 amide bonds. The van der Waals surface area contributed by atoms with E-state index in [1.165, 1.54) is 18.0 Å². The van der Waals surface area contributed by atoms with Crippen LogP contribution in [0.25, 0.3) is 0 Å². The predicted molar refractivity (Wildman–Crippen MR) is 79.3 cm³/mol. The van der Waals surface area contributed by atoms with E-state index in [9.17, 15) is 14.7 Å². The van der Waals surface area contributed by atoms with Crippen LogP contribution in [-0.4, -0.2) is 51.8 Å². The first-order valence-electron chi connectivity index (χ1n) is 6.94. The highest BCUT2D eigenvalue weighted by Crippen LogP contribution is 2.30. The molecule has 1 aromatic heterocycles. The number of aromatic nitrogens is 1. The van der Waals surface area contributed by atoms with Gasteiger partial charge >= 0.3 is 0 Å². The topological polar surface area (TPSA) is 82.5 Å². The SMILES string of the molecule is CN(C(=O)c1cnc2c(c1)NC(=O)CS2)[C@@H]1CCC[C@H]1O. The lowest BCUT2D eigenvalue weighted by molar-refractivity contribution is -0.113. The quantitative estimate of drug-likeness (QED) is 0.855. The largest absolute Gasteiger partial charge is 0.391 e. The summed E-state index contributed by atoms with van der Waals surface area (Å²) in [7, 11) is 1.70. The number of nitrogens with one attached hydrogen (secondary N) is 1. The number of aliphatic hydroxyl groups excluding tert-OH is 1. The molecule has 0 radical (unpaired) electrons. The van der Waals surface area contributed by atoms with Crippen LogP contribution in [-0.2, 0) is 4.79 Å². The van der Waals surface area contributed by atoms with E-state index in [1.54, 1.807) is 18.0 Å². The number of thioether (sulfide) groups is 1. The number of carbonyl (C=O) groups excluding carboxylic acids is 2. The van der Waals surface area contributed by atoms with Crippen molar-refractivity contribution in [3.05, 3.63) is 17.8 Å². The van der Waals surface area contributed by atoms with Gasteiger partial charge in [0, 0.05) is 13.2 Å². The van der Waals surface area contributed by atoms with Gasteiger partial charge in [-0.05, 0) is 25.3 Å². The second kappa shape index (κ2) is 5.65. The Labute approximate surface area is 126 Å². The number of pyridine rings is 1. The average molecular weight is 307 g/mol. The molecule has 2 N–H and O–H groups in total. The summed E-state index contributed by atoms with van der Waals surface area (Å²) in [5, 5.41) is 13.4. The van der Waals surface area contributed by atoms with Crippen molar-refractivity contribution in [2.45, 2.75) is 36.4 Å². The van der Waals surface area contributed by atoms with Crippen molar-refractivity contribution in [3.63, 3.8) is 0 Å². The smallest absolute Gasteiger partial charge is 0.255 e. The molecule has 1 aliphatic carbocycles. The molecule has 1 aliphatic heterocycles. The van der Waals surface area contributed by atoms with E-state index >= 15 is 0 Å². The third kappa shape index (κ3) is 2.75. The number of fused-ring (bicyclic) bond motifs is 1. The molecule has 1 aromatic rings. The van der Waals surface area contributed by atoms with Crippen LogP contribution in [0.1, 0.15) is 29.6 Å². The lowest BCUT2D eigenvalue weighted by atomic mass is 10.1. The van der Waals surface area contributed by atoms with E-state index in [4.69, 9.17) is 0 Å². The van der Waals surface area contributed by atoms with Crippen LogP contribution in [0.5, 0.6) is 0 Å². The second-order valence-electron chi connectivity index (χ2n) is 5.40. The van der Waals surface area contributed by atoms with Crippen LogP contribution >= 0.6 is 11.8 Å². The number of nitrogens with zero attached hydrogens (tertiary/aromatic N) is 2. The molecule has 21 heavy (non-hydrogen) atoms. The highest BCUT2D eigenvalue weighted by atomic mass is 32.2. The minimum Gasteiger partial charge on any atom is -0.391 e. The molecule has 0 spiro atoms. The van der Waals surface area contributed by atoms with Gasteiger partial charge in [0.05, 0.1) is 29.1 Å². The maximum absolute atomic E-state index is 12.5. The van der Waals surface area contributed by atoms with E-state index < -0.39 is 6.10 Å². The van der Waals surface area contributed by atoms with E-state index in [1.807, 2.05) is 0 Å². The molecule has 0 unspecified atom stereocenters. The predicted octanol–water partition coefficient (Wildman–Crippen LogP) is 1.11. The first kappa shape index (κ1) is 14.3. The Morgan fingerprint density at radius 3 is 3.05 bits per heavy atom. The summed E-state index contributed by atoms with van der Waals surface area (Å²) in [4.78, 5) is 29.7. The number of hydrogen-bond donors (Lipinski definition) is 2. The minimum absolute atomic E-state index is 0.0848. The third-order valence-electron chi connectivity index (χ3n) is 3.97. The van der Waals surface area contributed by atoms with Crippen molar-refractivity contribution in [3.8, 4) is 0 Å². The summed E-state index contributed by atoms with van der Waals surface area (Å²) >= 11 is 1.36. The summed E-state index contributed by atoms with van der Waals surface area (Å²) in [6.45, 7) is 0.